The predicted molar refractivity (Wildman–Crippen MR) is 86.3 cm³/mol. The fourth-order valence-corrected chi connectivity index (χ4v) is 3.56. The molecular weight excluding hydrogens is 278 g/mol. The first-order valence-corrected chi connectivity index (χ1v) is 8.19. The summed E-state index contributed by atoms with van der Waals surface area (Å²) >= 11 is 0. The highest BCUT2D eigenvalue weighted by Gasteiger charge is 2.35. The first-order valence-electron chi connectivity index (χ1n) is 8.19. The summed E-state index contributed by atoms with van der Waals surface area (Å²) in [7, 11) is 0. The minimum Gasteiger partial charge on any atom is -0.478 e. The number of carboxylic acid groups (broad SMARTS) is 1. The summed E-state index contributed by atoms with van der Waals surface area (Å²) in [6.07, 6.45) is 4.70. The van der Waals surface area contributed by atoms with E-state index in [0.29, 0.717) is 17.5 Å². The third-order valence-corrected chi connectivity index (χ3v) is 4.48. The van der Waals surface area contributed by atoms with Crippen LogP contribution in [-0.2, 0) is 6.42 Å². The van der Waals surface area contributed by atoms with Crippen LogP contribution in [0.1, 0.15) is 72.7 Å². The number of hydrogen-bond donors (Lipinski definition) is 1. The van der Waals surface area contributed by atoms with Crippen molar-refractivity contribution in [2.45, 2.75) is 65.0 Å². The second kappa shape index (κ2) is 6.95. The highest BCUT2D eigenvalue weighted by molar-refractivity contribution is 6.01. The molecule has 1 aromatic carbocycles. The van der Waals surface area contributed by atoms with Crippen LogP contribution in [0.4, 0.5) is 0 Å². The van der Waals surface area contributed by atoms with Crippen LogP contribution < -0.4 is 0 Å². The number of amides is 1. The zero-order valence-electron chi connectivity index (χ0n) is 13.6. The zero-order chi connectivity index (χ0) is 16.3. The van der Waals surface area contributed by atoms with E-state index in [4.69, 9.17) is 0 Å². The minimum atomic E-state index is -0.955. The number of hydrogen-bond acceptors (Lipinski definition) is 2. The summed E-state index contributed by atoms with van der Waals surface area (Å²) in [6.45, 7) is 6.30. The lowest BCUT2D eigenvalue weighted by Crippen LogP contribution is -2.50. The van der Waals surface area contributed by atoms with Crippen molar-refractivity contribution in [3.63, 3.8) is 0 Å². The van der Waals surface area contributed by atoms with Gasteiger partial charge in [-0.05, 0) is 43.9 Å². The van der Waals surface area contributed by atoms with E-state index in [2.05, 4.69) is 13.8 Å². The largest absolute Gasteiger partial charge is 0.478 e. The van der Waals surface area contributed by atoms with Gasteiger partial charge in [-0.3, -0.25) is 4.79 Å². The molecule has 0 aliphatic carbocycles. The Labute approximate surface area is 132 Å². The van der Waals surface area contributed by atoms with Gasteiger partial charge in [-0.15, -0.1) is 0 Å². The van der Waals surface area contributed by atoms with Gasteiger partial charge in [0, 0.05) is 17.6 Å². The SMILES string of the molecule is CCCC(CCC)N1C(=O)c2cccc(C(=O)O)c2CC1C. The van der Waals surface area contributed by atoms with Crippen LogP contribution in [0.3, 0.4) is 0 Å². The summed E-state index contributed by atoms with van der Waals surface area (Å²) in [5, 5.41) is 9.33. The van der Waals surface area contributed by atoms with E-state index in [1.165, 1.54) is 0 Å². The smallest absolute Gasteiger partial charge is 0.335 e. The Bertz CT molecular complexity index is 561. The molecule has 0 saturated heterocycles. The van der Waals surface area contributed by atoms with Crippen molar-refractivity contribution in [3.05, 3.63) is 34.9 Å². The molecule has 0 bridgehead atoms. The molecule has 22 heavy (non-hydrogen) atoms. The minimum absolute atomic E-state index is 0.0104. The van der Waals surface area contributed by atoms with E-state index in [9.17, 15) is 14.7 Å². The summed E-state index contributed by atoms with van der Waals surface area (Å²) in [5.74, 6) is -0.965. The van der Waals surface area contributed by atoms with Crippen LogP contribution in [-0.4, -0.2) is 34.0 Å². The van der Waals surface area contributed by atoms with E-state index in [-0.39, 0.29) is 23.6 Å². The third-order valence-electron chi connectivity index (χ3n) is 4.48. The molecule has 4 nitrogen and oxygen atoms in total. The Morgan fingerprint density at radius 3 is 2.50 bits per heavy atom. The normalized spacial score (nSPS) is 17.7. The van der Waals surface area contributed by atoms with Gasteiger partial charge in [0.1, 0.15) is 0 Å². The zero-order valence-corrected chi connectivity index (χ0v) is 13.6. The Morgan fingerprint density at radius 1 is 1.32 bits per heavy atom. The fraction of sp³-hybridized carbons (Fsp3) is 0.556. The standard InChI is InChI=1S/C18H25NO3/c1-4-7-13(8-5-2)19-12(3)11-16-14(17(19)20)9-6-10-15(16)18(21)22/h6,9-10,12-13H,4-5,7-8,11H2,1-3H3,(H,21,22). The van der Waals surface area contributed by atoms with Crippen LogP contribution in [0.15, 0.2) is 18.2 Å². The van der Waals surface area contributed by atoms with Gasteiger partial charge in [-0.2, -0.15) is 0 Å². The first kappa shape index (κ1) is 16.5. The van der Waals surface area contributed by atoms with Crippen LogP contribution in [0.5, 0.6) is 0 Å². The van der Waals surface area contributed by atoms with Gasteiger partial charge in [0.05, 0.1) is 5.56 Å². The molecule has 4 heteroatoms. The molecule has 1 N–H and O–H groups in total. The molecule has 0 fully saturated rings. The Kier molecular flexibility index (Phi) is 5.22. The number of rotatable bonds is 6. The number of carboxylic acids is 1. The van der Waals surface area contributed by atoms with Gasteiger partial charge in [0.2, 0.25) is 0 Å². The van der Waals surface area contributed by atoms with E-state index in [1.54, 1.807) is 18.2 Å². The molecule has 1 unspecified atom stereocenters. The maximum atomic E-state index is 12.9. The third kappa shape index (κ3) is 3.01. The van der Waals surface area contributed by atoms with E-state index < -0.39 is 5.97 Å². The Hall–Kier alpha value is -1.84. The second-order valence-corrected chi connectivity index (χ2v) is 6.13. The Morgan fingerprint density at radius 2 is 1.95 bits per heavy atom. The fourth-order valence-electron chi connectivity index (χ4n) is 3.56. The Balaban J connectivity index is 2.41. The first-order chi connectivity index (χ1) is 10.5. The van der Waals surface area contributed by atoms with Crippen molar-refractivity contribution in [1.29, 1.82) is 0 Å². The number of carbonyl (C=O) groups excluding carboxylic acids is 1. The van der Waals surface area contributed by atoms with Gasteiger partial charge < -0.3 is 10.0 Å². The number of nitrogens with zero attached hydrogens (tertiary/aromatic N) is 1. The van der Waals surface area contributed by atoms with Crippen molar-refractivity contribution in [1.82, 2.24) is 4.90 Å². The van der Waals surface area contributed by atoms with Gasteiger partial charge in [-0.25, -0.2) is 4.79 Å². The van der Waals surface area contributed by atoms with Gasteiger partial charge in [0.25, 0.3) is 5.91 Å². The molecule has 2 rings (SSSR count). The van der Waals surface area contributed by atoms with Crippen LogP contribution in [0.25, 0.3) is 0 Å². The van der Waals surface area contributed by atoms with Gasteiger partial charge in [0.15, 0.2) is 0 Å². The molecule has 1 aromatic rings. The molecule has 0 aromatic heterocycles. The monoisotopic (exact) mass is 303 g/mol. The lowest BCUT2D eigenvalue weighted by Gasteiger charge is -2.41. The summed E-state index contributed by atoms with van der Waals surface area (Å²) in [5.41, 5.74) is 1.52. The van der Waals surface area contributed by atoms with Crippen LogP contribution >= 0.6 is 0 Å². The number of benzene rings is 1. The number of fused-ring (bicyclic) bond motifs is 1. The molecular formula is C18H25NO3. The van der Waals surface area contributed by atoms with Crippen molar-refractivity contribution < 1.29 is 14.7 Å². The topological polar surface area (TPSA) is 57.6 Å². The lowest BCUT2D eigenvalue weighted by atomic mass is 9.88. The molecule has 1 atom stereocenters. The number of aromatic carboxylic acids is 1. The molecule has 1 aliphatic heterocycles. The predicted octanol–water partition coefficient (Wildman–Crippen LogP) is 3.74. The summed E-state index contributed by atoms with van der Waals surface area (Å²) in [6, 6.07) is 5.32. The molecule has 1 heterocycles. The average molecular weight is 303 g/mol. The van der Waals surface area contributed by atoms with Gasteiger partial charge in [-0.1, -0.05) is 32.8 Å². The maximum Gasteiger partial charge on any atom is 0.335 e. The van der Waals surface area contributed by atoms with Crippen molar-refractivity contribution in [2.75, 3.05) is 0 Å². The second-order valence-electron chi connectivity index (χ2n) is 6.13. The number of carbonyl (C=O) groups is 2. The maximum absolute atomic E-state index is 12.9. The van der Waals surface area contributed by atoms with Crippen molar-refractivity contribution >= 4 is 11.9 Å². The molecule has 120 valence electrons. The van der Waals surface area contributed by atoms with Gasteiger partial charge >= 0.3 is 5.97 Å². The van der Waals surface area contributed by atoms with Crippen molar-refractivity contribution in [2.24, 2.45) is 0 Å². The van der Waals surface area contributed by atoms with Crippen molar-refractivity contribution in [3.8, 4) is 0 Å². The average Bonchev–Trinajstić information content (AvgIpc) is 2.47. The molecule has 1 amide bonds. The molecule has 0 spiro atoms. The molecule has 0 saturated carbocycles. The van der Waals surface area contributed by atoms with E-state index in [0.717, 1.165) is 25.7 Å². The van der Waals surface area contributed by atoms with Crippen LogP contribution in [0.2, 0.25) is 0 Å². The lowest BCUT2D eigenvalue weighted by molar-refractivity contribution is 0.0529. The molecule has 0 radical (unpaired) electrons. The molecule has 1 aliphatic rings. The highest BCUT2D eigenvalue weighted by Crippen LogP contribution is 2.30. The summed E-state index contributed by atoms with van der Waals surface area (Å²) < 4.78 is 0. The summed E-state index contributed by atoms with van der Waals surface area (Å²) in [4.78, 5) is 26.3. The quantitative estimate of drug-likeness (QED) is 0.871. The van der Waals surface area contributed by atoms with E-state index >= 15 is 0 Å². The highest BCUT2D eigenvalue weighted by atomic mass is 16.4. The van der Waals surface area contributed by atoms with Crippen LogP contribution in [0, 0.1) is 0 Å². The van der Waals surface area contributed by atoms with E-state index in [1.807, 2.05) is 11.8 Å².